The molecule has 0 spiro atoms. The number of carbonyl (C=O) groups is 1. The third kappa shape index (κ3) is 5.32. The van der Waals surface area contributed by atoms with Crippen LogP contribution >= 0.6 is 11.3 Å². The molecule has 174 valence electrons. The number of hydrogen-bond donors (Lipinski definition) is 1. The standard InChI is InChI=1S/C25H24N4O4S/c1-16(2)33-20-10-9-17(11-21(20)32-3)13-27-28-23(30)14-29-15-26-24-19(25(29)31)12-22(34-24)18-7-5-4-6-8-18/h4-13,15-16H,14H2,1-3H3,(H,28,30). The van der Waals surface area contributed by atoms with E-state index in [1.54, 1.807) is 25.3 Å². The molecule has 2 aromatic carbocycles. The predicted molar refractivity (Wildman–Crippen MR) is 134 cm³/mol. The Morgan fingerprint density at radius 2 is 1.97 bits per heavy atom. The molecule has 4 aromatic rings. The summed E-state index contributed by atoms with van der Waals surface area (Å²) in [6.07, 6.45) is 2.90. The zero-order chi connectivity index (χ0) is 24.1. The molecule has 2 heterocycles. The molecule has 4 rings (SSSR count). The Bertz CT molecular complexity index is 1390. The van der Waals surface area contributed by atoms with Gasteiger partial charge in [0.2, 0.25) is 0 Å². The Balaban J connectivity index is 1.44. The van der Waals surface area contributed by atoms with Crippen molar-refractivity contribution in [2.75, 3.05) is 7.11 Å². The summed E-state index contributed by atoms with van der Waals surface area (Å²) >= 11 is 1.44. The molecule has 0 aliphatic rings. The zero-order valence-electron chi connectivity index (χ0n) is 19.0. The van der Waals surface area contributed by atoms with Gasteiger partial charge in [-0.2, -0.15) is 5.10 Å². The highest BCUT2D eigenvalue weighted by molar-refractivity contribution is 7.21. The van der Waals surface area contributed by atoms with E-state index in [1.807, 2.05) is 50.2 Å². The number of carbonyl (C=O) groups excluding carboxylic acids is 1. The third-order valence-corrected chi connectivity index (χ3v) is 5.94. The van der Waals surface area contributed by atoms with E-state index in [2.05, 4.69) is 15.5 Å². The third-order valence-electron chi connectivity index (χ3n) is 4.84. The van der Waals surface area contributed by atoms with Crippen LogP contribution in [0.4, 0.5) is 0 Å². The molecule has 0 unspecified atom stereocenters. The fraction of sp³-hybridized carbons (Fsp3) is 0.200. The van der Waals surface area contributed by atoms with Crippen molar-refractivity contribution in [1.82, 2.24) is 15.0 Å². The normalized spacial score (nSPS) is 11.3. The van der Waals surface area contributed by atoms with Crippen molar-refractivity contribution in [2.24, 2.45) is 5.10 Å². The first-order valence-corrected chi connectivity index (χ1v) is 11.5. The Labute approximate surface area is 200 Å². The molecule has 0 saturated carbocycles. The number of methoxy groups -OCH3 is 1. The van der Waals surface area contributed by atoms with Crippen LogP contribution in [0.1, 0.15) is 19.4 Å². The van der Waals surface area contributed by atoms with Gasteiger partial charge >= 0.3 is 0 Å². The highest BCUT2D eigenvalue weighted by Crippen LogP contribution is 2.30. The van der Waals surface area contributed by atoms with E-state index >= 15 is 0 Å². The molecule has 0 bridgehead atoms. The number of hydrazone groups is 1. The Kier molecular flexibility index (Phi) is 7.03. The number of hydrogen-bond acceptors (Lipinski definition) is 7. The Morgan fingerprint density at radius 3 is 2.71 bits per heavy atom. The van der Waals surface area contributed by atoms with Gasteiger partial charge in [-0.1, -0.05) is 30.3 Å². The summed E-state index contributed by atoms with van der Waals surface area (Å²) in [5, 5.41) is 4.47. The van der Waals surface area contributed by atoms with Crippen LogP contribution in [0, 0.1) is 0 Å². The number of nitrogens with zero attached hydrogens (tertiary/aromatic N) is 3. The average Bonchev–Trinajstić information content (AvgIpc) is 3.27. The quantitative estimate of drug-likeness (QED) is 0.306. The minimum Gasteiger partial charge on any atom is -0.493 e. The maximum Gasteiger partial charge on any atom is 0.262 e. The van der Waals surface area contributed by atoms with E-state index in [4.69, 9.17) is 9.47 Å². The van der Waals surface area contributed by atoms with Crippen LogP contribution in [0.25, 0.3) is 20.7 Å². The van der Waals surface area contributed by atoms with Crippen LogP contribution in [0.5, 0.6) is 11.5 Å². The number of amides is 1. The van der Waals surface area contributed by atoms with Crippen molar-refractivity contribution in [3.8, 4) is 21.9 Å². The van der Waals surface area contributed by atoms with Gasteiger partial charge in [0.1, 0.15) is 11.4 Å². The summed E-state index contributed by atoms with van der Waals surface area (Å²) in [4.78, 5) is 31.2. The first kappa shape index (κ1) is 23.2. The lowest BCUT2D eigenvalue weighted by Crippen LogP contribution is -2.29. The van der Waals surface area contributed by atoms with Crippen molar-refractivity contribution in [3.63, 3.8) is 0 Å². The van der Waals surface area contributed by atoms with Gasteiger partial charge in [0.15, 0.2) is 11.5 Å². The van der Waals surface area contributed by atoms with E-state index in [-0.39, 0.29) is 18.2 Å². The second-order valence-corrected chi connectivity index (χ2v) is 8.77. The van der Waals surface area contributed by atoms with Crippen molar-refractivity contribution >= 4 is 33.7 Å². The van der Waals surface area contributed by atoms with Crippen LogP contribution in [0.15, 0.2) is 70.8 Å². The molecule has 0 aliphatic heterocycles. The second kappa shape index (κ2) is 10.3. The van der Waals surface area contributed by atoms with Crippen LogP contribution in [0.2, 0.25) is 0 Å². The smallest absolute Gasteiger partial charge is 0.262 e. The van der Waals surface area contributed by atoms with Gasteiger partial charge in [0, 0.05) is 4.88 Å². The largest absolute Gasteiger partial charge is 0.493 e. The number of rotatable bonds is 8. The lowest BCUT2D eigenvalue weighted by Gasteiger charge is -2.13. The molecule has 1 amide bonds. The molecule has 0 saturated heterocycles. The zero-order valence-corrected chi connectivity index (χ0v) is 19.8. The van der Waals surface area contributed by atoms with E-state index in [1.165, 1.54) is 28.4 Å². The van der Waals surface area contributed by atoms with Crippen molar-refractivity contribution in [2.45, 2.75) is 26.5 Å². The van der Waals surface area contributed by atoms with Crippen LogP contribution in [-0.4, -0.2) is 34.9 Å². The van der Waals surface area contributed by atoms with Crippen molar-refractivity contribution < 1.29 is 14.3 Å². The SMILES string of the molecule is COc1cc(C=NNC(=O)Cn2cnc3sc(-c4ccccc4)cc3c2=O)ccc1OC(C)C. The summed E-state index contributed by atoms with van der Waals surface area (Å²) in [5.41, 5.74) is 3.91. The minimum atomic E-state index is -0.440. The summed E-state index contributed by atoms with van der Waals surface area (Å²) < 4.78 is 12.3. The highest BCUT2D eigenvalue weighted by atomic mass is 32.1. The van der Waals surface area contributed by atoms with E-state index < -0.39 is 5.91 Å². The topological polar surface area (TPSA) is 94.8 Å². The second-order valence-electron chi connectivity index (χ2n) is 7.74. The van der Waals surface area contributed by atoms with Gasteiger partial charge in [-0.05, 0) is 49.2 Å². The molecule has 1 N–H and O–H groups in total. The van der Waals surface area contributed by atoms with Gasteiger partial charge in [0.05, 0.1) is 31.1 Å². The molecular formula is C25H24N4O4S. The van der Waals surface area contributed by atoms with Gasteiger partial charge in [-0.3, -0.25) is 14.2 Å². The number of benzene rings is 2. The van der Waals surface area contributed by atoms with Gasteiger partial charge in [-0.15, -0.1) is 11.3 Å². The van der Waals surface area contributed by atoms with E-state index in [0.29, 0.717) is 21.7 Å². The molecule has 34 heavy (non-hydrogen) atoms. The predicted octanol–water partition coefficient (Wildman–Crippen LogP) is 4.07. The number of nitrogens with one attached hydrogen (secondary N) is 1. The van der Waals surface area contributed by atoms with Crippen LogP contribution in [0.3, 0.4) is 0 Å². The maximum atomic E-state index is 12.9. The minimum absolute atomic E-state index is 0.0174. The first-order valence-electron chi connectivity index (χ1n) is 10.7. The van der Waals surface area contributed by atoms with Gasteiger partial charge in [0.25, 0.3) is 11.5 Å². The maximum absolute atomic E-state index is 12.9. The number of thiophene rings is 1. The van der Waals surface area contributed by atoms with E-state index in [0.717, 1.165) is 16.0 Å². The number of ether oxygens (including phenoxy) is 2. The first-order chi connectivity index (χ1) is 16.4. The fourth-order valence-electron chi connectivity index (χ4n) is 3.30. The lowest BCUT2D eigenvalue weighted by molar-refractivity contribution is -0.121. The van der Waals surface area contributed by atoms with Crippen LogP contribution in [-0.2, 0) is 11.3 Å². The van der Waals surface area contributed by atoms with Gasteiger partial charge < -0.3 is 9.47 Å². The molecule has 0 fully saturated rings. The van der Waals surface area contributed by atoms with Crippen molar-refractivity contribution in [1.29, 1.82) is 0 Å². The molecule has 2 aromatic heterocycles. The van der Waals surface area contributed by atoms with Gasteiger partial charge in [-0.25, -0.2) is 10.4 Å². The monoisotopic (exact) mass is 476 g/mol. The molecule has 9 heteroatoms. The Hall–Kier alpha value is -3.98. The number of aromatic nitrogens is 2. The number of fused-ring (bicyclic) bond motifs is 1. The molecular weight excluding hydrogens is 452 g/mol. The summed E-state index contributed by atoms with van der Waals surface area (Å²) in [6, 6.07) is 17.0. The molecule has 0 radical (unpaired) electrons. The fourth-order valence-corrected chi connectivity index (χ4v) is 4.30. The highest BCUT2D eigenvalue weighted by Gasteiger charge is 2.12. The van der Waals surface area contributed by atoms with Crippen molar-refractivity contribution in [3.05, 3.63) is 76.8 Å². The molecule has 8 nitrogen and oxygen atoms in total. The summed E-state index contributed by atoms with van der Waals surface area (Å²) in [6.45, 7) is 3.67. The van der Waals surface area contributed by atoms with E-state index in [9.17, 15) is 9.59 Å². The summed E-state index contributed by atoms with van der Waals surface area (Å²) in [7, 11) is 1.56. The summed E-state index contributed by atoms with van der Waals surface area (Å²) in [5.74, 6) is 0.759. The average molecular weight is 477 g/mol. The Morgan fingerprint density at radius 1 is 1.18 bits per heavy atom. The molecule has 0 atom stereocenters. The lowest BCUT2D eigenvalue weighted by atomic mass is 10.2. The van der Waals surface area contributed by atoms with Crippen LogP contribution < -0.4 is 20.5 Å². The molecule has 0 aliphatic carbocycles.